The first-order chi connectivity index (χ1) is 12.2. The van der Waals surface area contributed by atoms with E-state index in [1.807, 2.05) is 6.07 Å². The number of nitrogens with zero attached hydrogens (tertiary/aromatic N) is 3. The molecule has 1 unspecified atom stereocenters. The van der Waals surface area contributed by atoms with Crippen LogP contribution in [0.15, 0.2) is 24.5 Å². The number of hydrogen-bond donors (Lipinski definition) is 1. The van der Waals surface area contributed by atoms with Gasteiger partial charge in [0.1, 0.15) is 18.0 Å². The molecular weight excluding hydrogens is 315 g/mol. The number of rotatable bonds is 1. The minimum atomic E-state index is -0.146. The molecule has 130 valence electrons. The molecule has 2 atom stereocenters. The Balaban J connectivity index is 1.67. The third kappa shape index (κ3) is 2.21. The Hall–Kier alpha value is -2.01. The summed E-state index contributed by atoms with van der Waals surface area (Å²) in [5.74, 6) is 1.37. The second-order valence-electron chi connectivity index (χ2n) is 7.81. The van der Waals surface area contributed by atoms with Gasteiger partial charge in [-0.05, 0) is 61.9 Å². The van der Waals surface area contributed by atoms with Crippen molar-refractivity contribution >= 4 is 11.5 Å². The van der Waals surface area contributed by atoms with Crippen LogP contribution in [0.2, 0.25) is 0 Å². The van der Waals surface area contributed by atoms with E-state index in [4.69, 9.17) is 0 Å². The third-order valence-corrected chi connectivity index (χ3v) is 6.26. The van der Waals surface area contributed by atoms with Gasteiger partial charge in [0.05, 0.1) is 0 Å². The number of aryl methyl sites for hydroxylation is 1. The van der Waals surface area contributed by atoms with Crippen LogP contribution >= 0.6 is 0 Å². The first-order valence-electron chi connectivity index (χ1n) is 9.30. The SMILES string of the molecule is CC1CCc2ncnc(N3C[C@@]4(CCCNC4)c4cc(F)ccc43)c21. The number of hydrogen-bond acceptors (Lipinski definition) is 4. The lowest BCUT2D eigenvalue weighted by molar-refractivity contribution is 0.332. The molecule has 3 aliphatic rings. The number of fused-ring (bicyclic) bond motifs is 3. The standard InChI is InChI=1S/C20H23FN4/c1-13-3-5-16-18(13)19(24-12-23-16)25-11-20(7-2-8-22-10-20)15-9-14(21)4-6-17(15)25/h4,6,9,12-13,22H,2-3,5,7-8,10-11H2,1H3/t13?,20-/m0/s1. The molecule has 25 heavy (non-hydrogen) atoms. The van der Waals surface area contributed by atoms with Gasteiger partial charge in [-0.15, -0.1) is 0 Å². The normalized spacial score (nSPS) is 27.6. The predicted molar refractivity (Wildman–Crippen MR) is 96.0 cm³/mol. The fourth-order valence-electron chi connectivity index (χ4n) is 5.00. The average molecular weight is 338 g/mol. The predicted octanol–water partition coefficient (Wildman–Crippen LogP) is 3.44. The summed E-state index contributed by atoms with van der Waals surface area (Å²) in [6.45, 7) is 5.09. The van der Waals surface area contributed by atoms with E-state index in [2.05, 4.69) is 27.1 Å². The van der Waals surface area contributed by atoms with E-state index >= 15 is 0 Å². The molecule has 3 heterocycles. The van der Waals surface area contributed by atoms with E-state index < -0.39 is 0 Å². The maximum Gasteiger partial charge on any atom is 0.140 e. The van der Waals surface area contributed by atoms with Gasteiger partial charge in [0.2, 0.25) is 0 Å². The van der Waals surface area contributed by atoms with Crippen molar-refractivity contribution < 1.29 is 4.39 Å². The summed E-state index contributed by atoms with van der Waals surface area (Å²) in [5.41, 5.74) is 4.71. The zero-order valence-electron chi connectivity index (χ0n) is 14.6. The summed E-state index contributed by atoms with van der Waals surface area (Å²) in [5, 5.41) is 3.53. The maximum atomic E-state index is 14.0. The van der Waals surface area contributed by atoms with Crippen LogP contribution in [-0.4, -0.2) is 29.6 Å². The van der Waals surface area contributed by atoms with E-state index in [1.54, 1.807) is 18.5 Å². The van der Waals surface area contributed by atoms with Crippen LogP contribution < -0.4 is 10.2 Å². The Morgan fingerprint density at radius 1 is 1.32 bits per heavy atom. The molecule has 5 rings (SSSR count). The molecule has 5 heteroatoms. The van der Waals surface area contributed by atoms with Crippen molar-refractivity contribution in [2.45, 2.75) is 43.9 Å². The lowest BCUT2D eigenvalue weighted by Crippen LogP contribution is -2.46. The number of aromatic nitrogens is 2. The van der Waals surface area contributed by atoms with Crippen molar-refractivity contribution in [3.05, 3.63) is 47.2 Å². The van der Waals surface area contributed by atoms with E-state index in [0.29, 0.717) is 5.92 Å². The Labute approximate surface area is 147 Å². The molecule has 0 bridgehead atoms. The maximum absolute atomic E-state index is 14.0. The van der Waals surface area contributed by atoms with Gasteiger partial charge >= 0.3 is 0 Å². The second kappa shape index (κ2) is 5.49. The Morgan fingerprint density at radius 3 is 3.08 bits per heavy atom. The lowest BCUT2D eigenvalue weighted by atomic mass is 9.76. The summed E-state index contributed by atoms with van der Waals surface area (Å²) in [6.07, 6.45) is 6.08. The fourth-order valence-corrected chi connectivity index (χ4v) is 5.00. The lowest BCUT2D eigenvalue weighted by Gasteiger charge is -2.35. The highest BCUT2D eigenvalue weighted by molar-refractivity contribution is 5.73. The minimum Gasteiger partial charge on any atom is -0.325 e. The van der Waals surface area contributed by atoms with Gasteiger partial charge < -0.3 is 10.2 Å². The van der Waals surface area contributed by atoms with Crippen LogP contribution in [-0.2, 0) is 11.8 Å². The first kappa shape index (κ1) is 15.3. The molecule has 0 saturated carbocycles. The molecule has 1 aliphatic carbocycles. The molecule has 2 aromatic rings. The number of anilines is 2. The quantitative estimate of drug-likeness (QED) is 0.865. The number of benzene rings is 1. The average Bonchev–Trinajstić information content (AvgIpc) is 3.15. The highest BCUT2D eigenvalue weighted by Crippen LogP contribution is 2.49. The molecule has 1 saturated heterocycles. The fraction of sp³-hybridized carbons (Fsp3) is 0.500. The van der Waals surface area contributed by atoms with Gasteiger partial charge in [-0.25, -0.2) is 14.4 Å². The van der Waals surface area contributed by atoms with E-state index in [-0.39, 0.29) is 11.2 Å². The van der Waals surface area contributed by atoms with Gasteiger partial charge in [-0.2, -0.15) is 0 Å². The van der Waals surface area contributed by atoms with Crippen LogP contribution in [0, 0.1) is 5.82 Å². The summed E-state index contributed by atoms with van der Waals surface area (Å²) in [7, 11) is 0. The molecule has 2 aliphatic heterocycles. The van der Waals surface area contributed by atoms with Crippen molar-refractivity contribution in [3.63, 3.8) is 0 Å². The molecule has 1 fully saturated rings. The summed E-state index contributed by atoms with van der Waals surface area (Å²) in [4.78, 5) is 11.5. The van der Waals surface area contributed by atoms with Crippen molar-refractivity contribution in [3.8, 4) is 0 Å². The molecular formula is C20H23FN4. The largest absolute Gasteiger partial charge is 0.325 e. The minimum absolute atomic E-state index is 0.0185. The van der Waals surface area contributed by atoms with Gasteiger partial charge in [0, 0.05) is 35.4 Å². The Bertz CT molecular complexity index is 828. The number of halogens is 1. The molecule has 1 N–H and O–H groups in total. The van der Waals surface area contributed by atoms with E-state index in [1.165, 1.54) is 11.3 Å². The summed E-state index contributed by atoms with van der Waals surface area (Å²) >= 11 is 0. The number of nitrogens with one attached hydrogen (secondary N) is 1. The Kier molecular flexibility index (Phi) is 3.35. The zero-order valence-corrected chi connectivity index (χ0v) is 14.6. The molecule has 1 aromatic heterocycles. The highest BCUT2D eigenvalue weighted by atomic mass is 19.1. The summed E-state index contributed by atoms with van der Waals surface area (Å²) in [6, 6.07) is 5.25. The van der Waals surface area contributed by atoms with Gasteiger partial charge in [0.15, 0.2) is 0 Å². The smallest absolute Gasteiger partial charge is 0.140 e. The van der Waals surface area contributed by atoms with E-state index in [9.17, 15) is 4.39 Å². The number of piperidine rings is 1. The van der Waals surface area contributed by atoms with Crippen LogP contribution in [0.4, 0.5) is 15.9 Å². The van der Waals surface area contributed by atoms with Crippen LogP contribution in [0.5, 0.6) is 0 Å². The molecule has 0 amide bonds. The van der Waals surface area contributed by atoms with Crippen LogP contribution in [0.3, 0.4) is 0 Å². The Morgan fingerprint density at radius 2 is 2.24 bits per heavy atom. The van der Waals surface area contributed by atoms with Crippen LogP contribution in [0.25, 0.3) is 0 Å². The van der Waals surface area contributed by atoms with E-state index in [0.717, 1.165) is 62.4 Å². The van der Waals surface area contributed by atoms with Crippen LogP contribution in [0.1, 0.15) is 48.9 Å². The van der Waals surface area contributed by atoms with Gasteiger partial charge in [-0.3, -0.25) is 0 Å². The van der Waals surface area contributed by atoms with Crippen molar-refractivity contribution in [1.82, 2.24) is 15.3 Å². The van der Waals surface area contributed by atoms with Crippen molar-refractivity contribution in [2.24, 2.45) is 0 Å². The molecule has 1 spiro atoms. The molecule has 1 aromatic carbocycles. The zero-order chi connectivity index (χ0) is 17.0. The van der Waals surface area contributed by atoms with Gasteiger partial charge in [-0.1, -0.05) is 6.92 Å². The topological polar surface area (TPSA) is 41.1 Å². The highest BCUT2D eigenvalue weighted by Gasteiger charge is 2.45. The summed E-state index contributed by atoms with van der Waals surface area (Å²) < 4.78 is 14.0. The van der Waals surface area contributed by atoms with Gasteiger partial charge in [0.25, 0.3) is 0 Å². The second-order valence-corrected chi connectivity index (χ2v) is 7.81. The first-order valence-corrected chi connectivity index (χ1v) is 9.30. The monoisotopic (exact) mass is 338 g/mol. The van der Waals surface area contributed by atoms with Crippen molar-refractivity contribution in [1.29, 1.82) is 0 Å². The third-order valence-electron chi connectivity index (χ3n) is 6.26. The molecule has 4 nitrogen and oxygen atoms in total. The van der Waals surface area contributed by atoms with Crippen molar-refractivity contribution in [2.75, 3.05) is 24.5 Å². The molecule has 0 radical (unpaired) electrons.